The highest BCUT2D eigenvalue weighted by Gasteiger charge is 2.10. The summed E-state index contributed by atoms with van der Waals surface area (Å²) >= 11 is 0. The zero-order chi connectivity index (χ0) is 16.7. The maximum atomic E-state index is 5.70. The third kappa shape index (κ3) is 5.47. The zero-order valence-corrected chi connectivity index (χ0v) is 14.7. The zero-order valence-electron chi connectivity index (χ0n) is 14.7. The van der Waals surface area contributed by atoms with Gasteiger partial charge in [-0.25, -0.2) is 0 Å². The van der Waals surface area contributed by atoms with Crippen molar-refractivity contribution in [2.75, 3.05) is 5.32 Å². The van der Waals surface area contributed by atoms with Crippen LogP contribution in [-0.2, 0) is 0 Å². The van der Waals surface area contributed by atoms with E-state index in [1.54, 1.807) is 0 Å². The Kier molecular flexibility index (Phi) is 7.03. The topological polar surface area (TPSA) is 38.0 Å². The maximum absolute atomic E-state index is 5.70. The molecule has 0 aliphatic rings. The number of benzene rings is 1. The first-order valence-electron chi connectivity index (χ1n) is 7.97. The lowest BCUT2D eigenvalue weighted by atomic mass is 9.91. The number of nitrogens with two attached hydrogens (primary N) is 1. The van der Waals surface area contributed by atoms with E-state index >= 15 is 0 Å². The van der Waals surface area contributed by atoms with Crippen LogP contribution < -0.4 is 11.1 Å². The van der Waals surface area contributed by atoms with Crippen LogP contribution in [0.1, 0.15) is 30.0 Å². The van der Waals surface area contributed by atoms with Crippen LogP contribution >= 0.6 is 0 Å². The average Bonchev–Trinajstić information content (AvgIpc) is 2.47. The van der Waals surface area contributed by atoms with Crippen LogP contribution in [0.5, 0.6) is 0 Å². The van der Waals surface area contributed by atoms with Gasteiger partial charge in [-0.1, -0.05) is 31.1 Å². The van der Waals surface area contributed by atoms with Crippen molar-refractivity contribution in [3.8, 4) is 0 Å². The molecule has 22 heavy (non-hydrogen) atoms. The molecule has 0 heterocycles. The smallest absolute Gasteiger partial charge is 0.104 e. The molecule has 1 atom stereocenters. The molecule has 0 radical (unpaired) electrons. The van der Waals surface area contributed by atoms with E-state index in [1.165, 1.54) is 28.0 Å². The van der Waals surface area contributed by atoms with Crippen LogP contribution in [0.25, 0.3) is 0 Å². The summed E-state index contributed by atoms with van der Waals surface area (Å²) in [6.07, 6.45) is 7.90. The van der Waals surface area contributed by atoms with E-state index in [0.29, 0.717) is 6.04 Å². The predicted molar refractivity (Wildman–Crippen MR) is 102 cm³/mol. The van der Waals surface area contributed by atoms with E-state index in [4.69, 9.17) is 5.73 Å². The van der Waals surface area contributed by atoms with Gasteiger partial charge in [0.05, 0.1) is 0 Å². The Bertz CT molecular complexity index is 581. The van der Waals surface area contributed by atoms with Gasteiger partial charge in [0.25, 0.3) is 0 Å². The van der Waals surface area contributed by atoms with Crippen molar-refractivity contribution in [3.63, 3.8) is 0 Å². The fraction of sp³-hybridized carbons (Fsp3) is 0.368. The van der Waals surface area contributed by atoms with Gasteiger partial charge in [0, 0.05) is 17.4 Å². The van der Waals surface area contributed by atoms with E-state index in [1.807, 2.05) is 19.1 Å². The first-order chi connectivity index (χ1) is 10.4. The number of aryl methyl sites for hydroxylation is 3. The SMILES string of the molecule is BCC(C/C(C=C)=C/C=C(/C)N)Nc1cc(C)c(C)cc1C. The molecule has 0 fully saturated rings. The van der Waals surface area contributed by atoms with Crippen LogP contribution in [0.4, 0.5) is 5.69 Å². The third-order valence-corrected chi connectivity index (χ3v) is 4.00. The maximum Gasteiger partial charge on any atom is 0.104 e. The van der Waals surface area contributed by atoms with Crippen molar-refractivity contribution >= 4 is 13.5 Å². The second-order valence-corrected chi connectivity index (χ2v) is 6.06. The summed E-state index contributed by atoms with van der Waals surface area (Å²) in [6, 6.07) is 4.88. The van der Waals surface area contributed by atoms with Gasteiger partial charge in [0.2, 0.25) is 0 Å². The summed E-state index contributed by atoms with van der Waals surface area (Å²) in [4.78, 5) is 0. The summed E-state index contributed by atoms with van der Waals surface area (Å²) in [6.45, 7) is 12.3. The van der Waals surface area contributed by atoms with Gasteiger partial charge in [0.15, 0.2) is 0 Å². The molecular weight excluding hydrogens is 267 g/mol. The van der Waals surface area contributed by atoms with Crippen LogP contribution in [0.2, 0.25) is 6.32 Å². The molecule has 2 nitrogen and oxygen atoms in total. The summed E-state index contributed by atoms with van der Waals surface area (Å²) in [5.41, 5.74) is 12.9. The molecule has 0 aliphatic carbocycles. The number of allylic oxidation sites excluding steroid dienone is 4. The average molecular weight is 296 g/mol. The molecule has 0 spiro atoms. The third-order valence-electron chi connectivity index (χ3n) is 4.00. The number of anilines is 1. The molecule has 1 rings (SSSR count). The van der Waals surface area contributed by atoms with E-state index in [2.05, 4.69) is 58.7 Å². The van der Waals surface area contributed by atoms with E-state index in [0.717, 1.165) is 18.4 Å². The number of hydrogen-bond donors (Lipinski definition) is 2. The van der Waals surface area contributed by atoms with Gasteiger partial charge < -0.3 is 11.1 Å². The Hall–Kier alpha value is -1.90. The Labute approximate surface area is 136 Å². The molecular formula is C19H29BN2. The first-order valence-corrected chi connectivity index (χ1v) is 7.97. The van der Waals surface area contributed by atoms with Crippen LogP contribution in [0.3, 0.4) is 0 Å². The van der Waals surface area contributed by atoms with Gasteiger partial charge in [0.1, 0.15) is 7.85 Å². The first kappa shape index (κ1) is 18.2. The van der Waals surface area contributed by atoms with Crippen molar-refractivity contribution < 1.29 is 0 Å². The molecule has 0 amide bonds. The largest absolute Gasteiger partial charge is 0.402 e. The minimum atomic E-state index is 0.386. The van der Waals surface area contributed by atoms with E-state index in [-0.39, 0.29) is 0 Å². The van der Waals surface area contributed by atoms with Crippen molar-refractivity contribution in [2.45, 2.75) is 46.5 Å². The number of hydrogen-bond acceptors (Lipinski definition) is 2. The minimum Gasteiger partial charge on any atom is -0.402 e. The molecule has 0 saturated heterocycles. The van der Waals surface area contributed by atoms with Gasteiger partial charge in [-0.05, 0) is 68.5 Å². The quantitative estimate of drug-likeness (QED) is 0.593. The summed E-state index contributed by atoms with van der Waals surface area (Å²) in [5.74, 6) is 0. The standard InChI is InChI=1S/C19H29BN2/c1-6-17(8-7-16(5)21)11-18(12-20)22-19-10-14(3)13(2)9-15(19)4/h6-10,18,22H,1,11-12,20-21H2,2-5H3/b16-7-,17-8+. The second-order valence-electron chi connectivity index (χ2n) is 6.06. The van der Waals surface area contributed by atoms with Crippen molar-refractivity contribution in [3.05, 3.63) is 64.9 Å². The molecule has 118 valence electrons. The molecule has 1 aromatic rings. The summed E-state index contributed by atoms with van der Waals surface area (Å²) in [7, 11) is 2.21. The van der Waals surface area contributed by atoms with Crippen LogP contribution in [0, 0.1) is 20.8 Å². The van der Waals surface area contributed by atoms with Crippen molar-refractivity contribution in [2.24, 2.45) is 5.73 Å². The fourth-order valence-electron chi connectivity index (χ4n) is 2.38. The van der Waals surface area contributed by atoms with Crippen molar-refractivity contribution in [1.82, 2.24) is 0 Å². The highest BCUT2D eigenvalue weighted by Crippen LogP contribution is 2.23. The molecule has 3 N–H and O–H groups in total. The summed E-state index contributed by atoms with van der Waals surface area (Å²) in [5, 5.41) is 3.68. The number of rotatable bonds is 7. The molecule has 1 aromatic carbocycles. The second kappa shape index (κ2) is 8.52. The normalized spacial score (nSPS) is 13.8. The lowest BCUT2D eigenvalue weighted by Crippen LogP contribution is -2.20. The lowest BCUT2D eigenvalue weighted by Gasteiger charge is -2.21. The molecule has 0 bridgehead atoms. The summed E-state index contributed by atoms with van der Waals surface area (Å²) < 4.78 is 0. The van der Waals surface area contributed by atoms with Gasteiger partial charge in [-0.15, -0.1) is 0 Å². The molecule has 3 heteroatoms. The van der Waals surface area contributed by atoms with E-state index in [9.17, 15) is 0 Å². The Balaban J connectivity index is 2.89. The molecule has 1 unspecified atom stereocenters. The Morgan fingerprint density at radius 3 is 2.41 bits per heavy atom. The molecule has 0 saturated carbocycles. The predicted octanol–water partition coefficient (Wildman–Crippen LogP) is 3.81. The van der Waals surface area contributed by atoms with Crippen LogP contribution in [-0.4, -0.2) is 13.9 Å². The van der Waals surface area contributed by atoms with Gasteiger partial charge >= 0.3 is 0 Å². The lowest BCUT2D eigenvalue weighted by molar-refractivity contribution is 0.790. The Morgan fingerprint density at radius 2 is 1.86 bits per heavy atom. The fourth-order valence-corrected chi connectivity index (χ4v) is 2.38. The van der Waals surface area contributed by atoms with Gasteiger partial charge in [-0.2, -0.15) is 0 Å². The van der Waals surface area contributed by atoms with Crippen molar-refractivity contribution in [1.29, 1.82) is 0 Å². The van der Waals surface area contributed by atoms with E-state index < -0.39 is 0 Å². The van der Waals surface area contributed by atoms with Crippen LogP contribution in [0.15, 0.2) is 48.2 Å². The Morgan fingerprint density at radius 1 is 1.23 bits per heavy atom. The highest BCUT2D eigenvalue weighted by atomic mass is 14.9. The molecule has 0 aromatic heterocycles. The minimum absolute atomic E-state index is 0.386. The monoisotopic (exact) mass is 296 g/mol. The number of nitrogens with one attached hydrogen (secondary N) is 1. The highest BCUT2D eigenvalue weighted by molar-refractivity contribution is 6.09. The van der Waals surface area contributed by atoms with Gasteiger partial charge in [-0.3, -0.25) is 0 Å². The molecule has 0 aliphatic heterocycles.